The van der Waals surface area contributed by atoms with Crippen LogP contribution in [0.25, 0.3) is 0 Å². The molecule has 0 saturated carbocycles. The van der Waals surface area contributed by atoms with E-state index >= 15 is 0 Å². The Morgan fingerprint density at radius 3 is 0.944 bits per heavy atom. The molecule has 0 aliphatic heterocycles. The molecule has 0 saturated heterocycles. The van der Waals surface area contributed by atoms with Gasteiger partial charge in [0.25, 0.3) is 0 Å². The van der Waals surface area contributed by atoms with Crippen LogP contribution in [0.2, 0.25) is 0 Å². The summed E-state index contributed by atoms with van der Waals surface area (Å²) < 4.78 is 17.3. The highest BCUT2D eigenvalue weighted by atomic mass is 16.6. The Morgan fingerprint density at radius 2 is 0.611 bits per heavy atom. The standard InChI is InChI=1S/C49H96O5/c1-4-7-10-13-16-19-22-23-24-25-26-27-29-30-33-36-39-42-48(50)53-46-47(45-52-44-41-38-35-32-21-18-15-12-9-6-3)54-49(51)43-40-37-34-31-28-20-17-14-11-8-5-2/h47H,4-46H2,1-3H3. The normalized spacial score (nSPS) is 12.0. The topological polar surface area (TPSA) is 61.8 Å². The Hall–Kier alpha value is -1.10. The van der Waals surface area contributed by atoms with Crippen LogP contribution in [-0.2, 0) is 23.8 Å². The van der Waals surface area contributed by atoms with Crippen LogP contribution in [0.5, 0.6) is 0 Å². The summed E-state index contributed by atoms with van der Waals surface area (Å²) in [6.07, 6.45) is 49.6. The predicted molar refractivity (Wildman–Crippen MR) is 233 cm³/mol. The maximum Gasteiger partial charge on any atom is 0.306 e. The van der Waals surface area contributed by atoms with Gasteiger partial charge < -0.3 is 14.2 Å². The zero-order valence-corrected chi connectivity index (χ0v) is 37.0. The summed E-state index contributed by atoms with van der Waals surface area (Å²) in [6.45, 7) is 7.88. The maximum atomic E-state index is 12.7. The summed E-state index contributed by atoms with van der Waals surface area (Å²) in [6, 6.07) is 0. The molecule has 0 aromatic rings. The fourth-order valence-corrected chi connectivity index (χ4v) is 7.45. The van der Waals surface area contributed by atoms with Crippen LogP contribution in [0.1, 0.15) is 278 Å². The van der Waals surface area contributed by atoms with Gasteiger partial charge in [0, 0.05) is 19.4 Å². The largest absolute Gasteiger partial charge is 0.462 e. The third-order valence-corrected chi connectivity index (χ3v) is 11.1. The lowest BCUT2D eigenvalue weighted by atomic mass is 10.0. The molecule has 0 aliphatic carbocycles. The number of carbonyl (C=O) groups excluding carboxylic acids is 2. The average Bonchev–Trinajstić information content (AvgIpc) is 3.17. The van der Waals surface area contributed by atoms with Crippen LogP contribution in [0.4, 0.5) is 0 Å². The van der Waals surface area contributed by atoms with E-state index in [0.717, 1.165) is 32.1 Å². The highest BCUT2D eigenvalue weighted by Crippen LogP contribution is 2.16. The molecular weight excluding hydrogens is 669 g/mol. The van der Waals surface area contributed by atoms with E-state index in [2.05, 4.69) is 20.8 Å². The molecule has 0 amide bonds. The third-order valence-electron chi connectivity index (χ3n) is 11.1. The number of ether oxygens (including phenoxy) is 3. The molecule has 0 rings (SSSR count). The second-order valence-electron chi connectivity index (χ2n) is 16.7. The van der Waals surface area contributed by atoms with Gasteiger partial charge in [0.2, 0.25) is 0 Å². The average molecular weight is 765 g/mol. The minimum Gasteiger partial charge on any atom is -0.462 e. The number of esters is 2. The van der Waals surface area contributed by atoms with Crippen LogP contribution in [0, 0.1) is 0 Å². The summed E-state index contributed by atoms with van der Waals surface area (Å²) in [5, 5.41) is 0. The van der Waals surface area contributed by atoms with E-state index in [4.69, 9.17) is 14.2 Å². The summed E-state index contributed by atoms with van der Waals surface area (Å²) in [5.74, 6) is -0.375. The zero-order chi connectivity index (χ0) is 39.3. The van der Waals surface area contributed by atoms with Crippen molar-refractivity contribution < 1.29 is 23.8 Å². The van der Waals surface area contributed by atoms with Gasteiger partial charge in [0.1, 0.15) is 6.61 Å². The van der Waals surface area contributed by atoms with Crippen molar-refractivity contribution in [3.8, 4) is 0 Å². The molecule has 5 nitrogen and oxygen atoms in total. The number of carbonyl (C=O) groups is 2. The molecule has 0 aromatic heterocycles. The van der Waals surface area contributed by atoms with Crippen molar-refractivity contribution in [2.24, 2.45) is 0 Å². The lowest BCUT2D eigenvalue weighted by molar-refractivity contribution is -0.163. The van der Waals surface area contributed by atoms with E-state index in [0.29, 0.717) is 26.1 Å². The van der Waals surface area contributed by atoms with Crippen molar-refractivity contribution in [3.05, 3.63) is 0 Å². The van der Waals surface area contributed by atoms with E-state index < -0.39 is 6.10 Å². The fraction of sp³-hybridized carbons (Fsp3) is 0.959. The van der Waals surface area contributed by atoms with Crippen LogP contribution >= 0.6 is 0 Å². The van der Waals surface area contributed by atoms with E-state index in [9.17, 15) is 9.59 Å². The number of hydrogen-bond donors (Lipinski definition) is 0. The lowest BCUT2D eigenvalue weighted by Gasteiger charge is -2.18. The number of unbranched alkanes of at least 4 members (excludes halogenated alkanes) is 35. The summed E-state index contributed by atoms with van der Waals surface area (Å²) >= 11 is 0. The molecule has 5 heteroatoms. The van der Waals surface area contributed by atoms with Gasteiger partial charge in [-0.25, -0.2) is 0 Å². The van der Waals surface area contributed by atoms with Gasteiger partial charge >= 0.3 is 11.9 Å². The third kappa shape index (κ3) is 43.6. The minimum absolute atomic E-state index is 0.0970. The van der Waals surface area contributed by atoms with Crippen molar-refractivity contribution in [1.29, 1.82) is 0 Å². The first-order chi connectivity index (χ1) is 26.6. The Labute approximate surface area is 338 Å². The second-order valence-corrected chi connectivity index (χ2v) is 16.7. The molecule has 0 bridgehead atoms. The van der Waals surface area contributed by atoms with E-state index in [1.54, 1.807) is 0 Å². The highest BCUT2D eigenvalue weighted by molar-refractivity contribution is 5.70. The molecule has 322 valence electrons. The van der Waals surface area contributed by atoms with Gasteiger partial charge in [-0.15, -0.1) is 0 Å². The first-order valence-electron chi connectivity index (χ1n) is 24.6. The summed E-state index contributed by atoms with van der Waals surface area (Å²) in [4.78, 5) is 25.3. The van der Waals surface area contributed by atoms with Gasteiger partial charge in [-0.2, -0.15) is 0 Å². The number of rotatable bonds is 46. The zero-order valence-electron chi connectivity index (χ0n) is 37.0. The molecule has 1 atom stereocenters. The first-order valence-corrected chi connectivity index (χ1v) is 24.6. The second kappa shape index (κ2) is 46.3. The minimum atomic E-state index is -0.521. The first kappa shape index (κ1) is 52.9. The Balaban J connectivity index is 4.12. The molecule has 0 fully saturated rings. The van der Waals surface area contributed by atoms with Gasteiger partial charge in [-0.3, -0.25) is 9.59 Å². The van der Waals surface area contributed by atoms with Crippen LogP contribution in [-0.4, -0.2) is 37.9 Å². The molecule has 0 N–H and O–H groups in total. The smallest absolute Gasteiger partial charge is 0.306 e. The van der Waals surface area contributed by atoms with E-state index in [1.165, 1.54) is 212 Å². The van der Waals surface area contributed by atoms with Crippen molar-refractivity contribution in [2.45, 2.75) is 284 Å². The summed E-state index contributed by atoms with van der Waals surface area (Å²) in [5.41, 5.74) is 0. The van der Waals surface area contributed by atoms with Gasteiger partial charge in [0.15, 0.2) is 6.10 Å². The molecule has 0 aromatic carbocycles. The van der Waals surface area contributed by atoms with Crippen LogP contribution in [0.3, 0.4) is 0 Å². The molecule has 0 aliphatic rings. The van der Waals surface area contributed by atoms with Gasteiger partial charge in [0.05, 0.1) is 6.61 Å². The van der Waals surface area contributed by atoms with E-state index in [-0.39, 0.29) is 18.5 Å². The molecule has 1 unspecified atom stereocenters. The van der Waals surface area contributed by atoms with Gasteiger partial charge in [-0.1, -0.05) is 245 Å². The predicted octanol–water partition coefficient (Wildman–Crippen LogP) is 16.1. The van der Waals surface area contributed by atoms with Crippen molar-refractivity contribution in [1.82, 2.24) is 0 Å². The Bertz CT molecular complexity index is 740. The van der Waals surface area contributed by atoms with Crippen LogP contribution < -0.4 is 0 Å². The SMILES string of the molecule is CCCCCCCCCCCCCCCCCCCC(=O)OCC(COCCCCCCCCCCCC)OC(=O)CCCCCCCCCCCCC. The number of hydrogen-bond acceptors (Lipinski definition) is 5. The monoisotopic (exact) mass is 765 g/mol. The Kier molecular flexibility index (Phi) is 45.3. The summed E-state index contributed by atoms with van der Waals surface area (Å²) in [7, 11) is 0. The molecular formula is C49H96O5. The van der Waals surface area contributed by atoms with Crippen molar-refractivity contribution in [3.63, 3.8) is 0 Å². The molecule has 0 heterocycles. The highest BCUT2D eigenvalue weighted by Gasteiger charge is 2.17. The van der Waals surface area contributed by atoms with E-state index in [1.807, 2.05) is 0 Å². The Morgan fingerprint density at radius 1 is 0.333 bits per heavy atom. The molecule has 54 heavy (non-hydrogen) atoms. The van der Waals surface area contributed by atoms with Crippen LogP contribution in [0.15, 0.2) is 0 Å². The fourth-order valence-electron chi connectivity index (χ4n) is 7.45. The maximum absolute atomic E-state index is 12.7. The van der Waals surface area contributed by atoms with Crippen molar-refractivity contribution in [2.75, 3.05) is 19.8 Å². The quantitative estimate of drug-likeness (QED) is 0.0456. The van der Waals surface area contributed by atoms with Crippen molar-refractivity contribution >= 4 is 11.9 Å². The lowest BCUT2D eigenvalue weighted by Crippen LogP contribution is -2.30. The van der Waals surface area contributed by atoms with Gasteiger partial charge in [-0.05, 0) is 19.3 Å². The molecule has 0 radical (unpaired) electrons. The molecule has 0 spiro atoms.